The van der Waals surface area contributed by atoms with E-state index in [2.05, 4.69) is 49.3 Å². The average molecular weight is 267 g/mol. The molecule has 0 N–H and O–H groups in total. The standard InChI is InChI=1S/C16H33N3/c1-13(2)17-7-6-16(11-17)12-19-9-8-18(14(3)4)10-15(19)5/h13-16H,6-12H2,1-5H3. The lowest BCUT2D eigenvalue weighted by atomic mass is 10.1. The highest BCUT2D eigenvalue weighted by Crippen LogP contribution is 2.22. The molecule has 2 unspecified atom stereocenters. The number of hydrogen-bond donors (Lipinski definition) is 0. The number of likely N-dealkylation sites (tertiary alicyclic amines) is 1. The fraction of sp³-hybridized carbons (Fsp3) is 1.00. The molecule has 2 fully saturated rings. The highest BCUT2D eigenvalue weighted by Gasteiger charge is 2.30. The summed E-state index contributed by atoms with van der Waals surface area (Å²) in [6.45, 7) is 19.4. The summed E-state index contributed by atoms with van der Waals surface area (Å²) in [5.41, 5.74) is 0. The van der Waals surface area contributed by atoms with Crippen LogP contribution < -0.4 is 0 Å². The SMILES string of the molecule is CC(C)N1CCC(CN2CCN(C(C)C)CC2C)C1. The molecule has 112 valence electrons. The zero-order valence-electron chi connectivity index (χ0n) is 13.6. The molecule has 0 radical (unpaired) electrons. The van der Waals surface area contributed by atoms with Crippen LogP contribution in [0.15, 0.2) is 0 Å². The molecule has 2 aliphatic heterocycles. The Kier molecular flexibility index (Phi) is 5.27. The third kappa shape index (κ3) is 3.93. The van der Waals surface area contributed by atoms with E-state index in [1.54, 1.807) is 0 Å². The van der Waals surface area contributed by atoms with E-state index in [1.165, 1.54) is 45.7 Å². The molecular formula is C16H33N3. The van der Waals surface area contributed by atoms with Crippen LogP contribution >= 0.6 is 0 Å². The van der Waals surface area contributed by atoms with Crippen molar-refractivity contribution in [2.24, 2.45) is 5.92 Å². The largest absolute Gasteiger partial charge is 0.301 e. The Bertz CT molecular complexity index is 277. The molecule has 0 aromatic rings. The zero-order valence-corrected chi connectivity index (χ0v) is 13.6. The van der Waals surface area contributed by atoms with Gasteiger partial charge in [0.1, 0.15) is 0 Å². The Morgan fingerprint density at radius 3 is 2.05 bits per heavy atom. The van der Waals surface area contributed by atoms with Gasteiger partial charge in [0, 0.05) is 50.8 Å². The second-order valence-electron chi connectivity index (χ2n) is 7.18. The Labute approximate surface area is 119 Å². The van der Waals surface area contributed by atoms with Crippen LogP contribution in [0.1, 0.15) is 41.0 Å². The van der Waals surface area contributed by atoms with Crippen LogP contribution in [0.25, 0.3) is 0 Å². The molecule has 2 aliphatic rings. The number of hydrogen-bond acceptors (Lipinski definition) is 3. The first-order valence-electron chi connectivity index (χ1n) is 8.19. The van der Waals surface area contributed by atoms with Crippen molar-refractivity contribution in [3.63, 3.8) is 0 Å². The van der Waals surface area contributed by atoms with Gasteiger partial charge in [-0.05, 0) is 53.5 Å². The molecule has 3 heteroatoms. The van der Waals surface area contributed by atoms with Crippen molar-refractivity contribution in [2.75, 3.05) is 39.3 Å². The van der Waals surface area contributed by atoms with E-state index in [0.29, 0.717) is 6.04 Å². The summed E-state index contributed by atoms with van der Waals surface area (Å²) in [7, 11) is 0. The minimum absolute atomic E-state index is 0.701. The minimum atomic E-state index is 0.701. The van der Waals surface area contributed by atoms with Gasteiger partial charge in [0.05, 0.1) is 0 Å². The fourth-order valence-electron chi connectivity index (χ4n) is 3.58. The third-order valence-electron chi connectivity index (χ3n) is 5.07. The summed E-state index contributed by atoms with van der Waals surface area (Å²) in [5, 5.41) is 0. The molecule has 0 amide bonds. The summed E-state index contributed by atoms with van der Waals surface area (Å²) in [4.78, 5) is 7.99. The van der Waals surface area contributed by atoms with Gasteiger partial charge < -0.3 is 4.90 Å². The molecule has 0 bridgehead atoms. The van der Waals surface area contributed by atoms with Crippen LogP contribution in [0, 0.1) is 5.92 Å². The molecule has 2 rings (SSSR count). The van der Waals surface area contributed by atoms with Gasteiger partial charge in [-0.15, -0.1) is 0 Å². The lowest BCUT2D eigenvalue weighted by molar-refractivity contribution is 0.0543. The fourth-order valence-corrected chi connectivity index (χ4v) is 3.58. The number of rotatable bonds is 4. The van der Waals surface area contributed by atoms with Gasteiger partial charge in [0.2, 0.25) is 0 Å². The van der Waals surface area contributed by atoms with Crippen LogP contribution in [0.4, 0.5) is 0 Å². The van der Waals surface area contributed by atoms with Gasteiger partial charge in [-0.25, -0.2) is 0 Å². The molecule has 19 heavy (non-hydrogen) atoms. The second kappa shape index (κ2) is 6.55. The van der Waals surface area contributed by atoms with Crippen molar-refractivity contribution in [3.05, 3.63) is 0 Å². The molecular weight excluding hydrogens is 234 g/mol. The van der Waals surface area contributed by atoms with Crippen molar-refractivity contribution < 1.29 is 0 Å². The van der Waals surface area contributed by atoms with Gasteiger partial charge in [-0.2, -0.15) is 0 Å². The smallest absolute Gasteiger partial charge is 0.0195 e. The minimum Gasteiger partial charge on any atom is -0.301 e. The van der Waals surface area contributed by atoms with Crippen LogP contribution in [-0.4, -0.2) is 72.1 Å². The Balaban J connectivity index is 1.78. The molecule has 0 spiro atoms. The summed E-state index contributed by atoms with van der Waals surface area (Å²) in [5.74, 6) is 0.899. The van der Waals surface area contributed by atoms with E-state index in [9.17, 15) is 0 Å². The second-order valence-corrected chi connectivity index (χ2v) is 7.18. The zero-order chi connectivity index (χ0) is 14.0. The van der Waals surface area contributed by atoms with Crippen molar-refractivity contribution in [2.45, 2.75) is 59.2 Å². The summed E-state index contributed by atoms with van der Waals surface area (Å²) >= 11 is 0. The van der Waals surface area contributed by atoms with Crippen molar-refractivity contribution >= 4 is 0 Å². The molecule has 3 nitrogen and oxygen atoms in total. The first-order valence-corrected chi connectivity index (χ1v) is 8.19. The maximum atomic E-state index is 2.73. The summed E-state index contributed by atoms with van der Waals surface area (Å²) in [6.07, 6.45) is 1.40. The maximum Gasteiger partial charge on any atom is 0.0195 e. The Morgan fingerprint density at radius 1 is 0.895 bits per heavy atom. The van der Waals surface area contributed by atoms with Crippen LogP contribution in [0.3, 0.4) is 0 Å². The van der Waals surface area contributed by atoms with Gasteiger partial charge >= 0.3 is 0 Å². The molecule has 0 aliphatic carbocycles. The molecule has 2 atom stereocenters. The molecule has 0 aromatic carbocycles. The summed E-state index contributed by atoms with van der Waals surface area (Å²) in [6, 6.07) is 2.15. The first-order chi connectivity index (χ1) is 8.97. The predicted octanol–water partition coefficient (Wildman–Crippen LogP) is 2.13. The van der Waals surface area contributed by atoms with Crippen LogP contribution in [0.2, 0.25) is 0 Å². The van der Waals surface area contributed by atoms with E-state index in [1.807, 2.05) is 0 Å². The highest BCUT2D eigenvalue weighted by atomic mass is 15.3. The van der Waals surface area contributed by atoms with Crippen LogP contribution in [-0.2, 0) is 0 Å². The molecule has 0 aromatic heterocycles. The van der Waals surface area contributed by atoms with Gasteiger partial charge in [-0.3, -0.25) is 9.80 Å². The van der Waals surface area contributed by atoms with E-state index in [0.717, 1.165) is 18.0 Å². The quantitative estimate of drug-likeness (QED) is 0.772. The molecule has 0 saturated carbocycles. The van der Waals surface area contributed by atoms with Gasteiger partial charge in [-0.1, -0.05) is 0 Å². The summed E-state index contributed by atoms with van der Waals surface area (Å²) < 4.78 is 0. The Morgan fingerprint density at radius 2 is 1.53 bits per heavy atom. The van der Waals surface area contributed by atoms with Gasteiger partial charge in [0.15, 0.2) is 0 Å². The van der Waals surface area contributed by atoms with Crippen LogP contribution in [0.5, 0.6) is 0 Å². The average Bonchev–Trinajstić information content (AvgIpc) is 2.80. The van der Waals surface area contributed by atoms with Crippen molar-refractivity contribution in [1.82, 2.24) is 14.7 Å². The lowest BCUT2D eigenvalue weighted by Crippen LogP contribution is -2.54. The van der Waals surface area contributed by atoms with Crippen molar-refractivity contribution in [1.29, 1.82) is 0 Å². The van der Waals surface area contributed by atoms with E-state index >= 15 is 0 Å². The van der Waals surface area contributed by atoms with E-state index in [4.69, 9.17) is 0 Å². The first kappa shape index (κ1) is 15.3. The topological polar surface area (TPSA) is 9.72 Å². The lowest BCUT2D eigenvalue weighted by Gasteiger charge is -2.42. The third-order valence-corrected chi connectivity index (χ3v) is 5.07. The normalized spacial score (nSPS) is 31.7. The Hall–Kier alpha value is -0.120. The van der Waals surface area contributed by atoms with E-state index in [-0.39, 0.29) is 0 Å². The number of nitrogens with zero attached hydrogens (tertiary/aromatic N) is 3. The highest BCUT2D eigenvalue weighted by molar-refractivity contribution is 4.85. The predicted molar refractivity (Wildman–Crippen MR) is 82.6 cm³/mol. The molecule has 2 saturated heterocycles. The monoisotopic (exact) mass is 267 g/mol. The van der Waals surface area contributed by atoms with Crippen molar-refractivity contribution in [3.8, 4) is 0 Å². The maximum absolute atomic E-state index is 2.73. The van der Waals surface area contributed by atoms with Gasteiger partial charge in [0.25, 0.3) is 0 Å². The van der Waals surface area contributed by atoms with E-state index < -0.39 is 0 Å². The molecule has 2 heterocycles. The number of piperazine rings is 1.